The summed E-state index contributed by atoms with van der Waals surface area (Å²) in [6.07, 6.45) is 1.26. The van der Waals surface area contributed by atoms with Gasteiger partial charge in [-0.2, -0.15) is 0 Å². The highest BCUT2D eigenvalue weighted by Gasteiger charge is 2.32. The van der Waals surface area contributed by atoms with E-state index in [2.05, 4.69) is 0 Å². The number of ketones is 1. The fourth-order valence-corrected chi connectivity index (χ4v) is 2.76. The van der Waals surface area contributed by atoms with Crippen molar-refractivity contribution in [3.8, 4) is 0 Å². The molecule has 1 heterocycles. The van der Waals surface area contributed by atoms with Crippen LogP contribution in [0.1, 0.15) is 24.2 Å². The number of nitro benzene ring substituents is 1. The number of carbonyl (C=O) groups excluding carboxylic acids is 2. The van der Waals surface area contributed by atoms with Gasteiger partial charge in [0.1, 0.15) is 11.3 Å². The SMILES string of the molecule is CC1(C)SCC(OC(=O)c2ccc(Cl)cc2[N+](=O)[O-])=CC1=O. The summed E-state index contributed by atoms with van der Waals surface area (Å²) >= 11 is 7.03. The van der Waals surface area contributed by atoms with Gasteiger partial charge in [0.25, 0.3) is 5.69 Å². The molecule has 6 nitrogen and oxygen atoms in total. The monoisotopic (exact) mass is 341 g/mol. The average Bonchev–Trinajstić information content (AvgIpc) is 2.43. The molecule has 0 saturated heterocycles. The maximum absolute atomic E-state index is 12.1. The van der Waals surface area contributed by atoms with Crippen molar-refractivity contribution >= 4 is 40.8 Å². The van der Waals surface area contributed by atoms with Crippen LogP contribution < -0.4 is 0 Å². The number of hydrogen-bond acceptors (Lipinski definition) is 6. The number of hydrogen-bond donors (Lipinski definition) is 0. The van der Waals surface area contributed by atoms with Crippen LogP contribution in [0, 0.1) is 10.1 Å². The Morgan fingerprint density at radius 3 is 2.73 bits per heavy atom. The molecule has 0 bridgehead atoms. The quantitative estimate of drug-likeness (QED) is 0.476. The van der Waals surface area contributed by atoms with Crippen molar-refractivity contribution in [3.05, 3.63) is 50.7 Å². The molecule has 116 valence electrons. The summed E-state index contributed by atoms with van der Waals surface area (Å²) in [6, 6.07) is 3.67. The molecule has 8 heteroatoms. The van der Waals surface area contributed by atoms with Crippen LogP contribution in [0.25, 0.3) is 0 Å². The first-order chi connectivity index (χ1) is 10.2. The summed E-state index contributed by atoms with van der Waals surface area (Å²) < 4.78 is 4.54. The average molecular weight is 342 g/mol. The fourth-order valence-electron chi connectivity index (χ4n) is 1.75. The number of allylic oxidation sites excluding steroid dienone is 1. The van der Waals surface area contributed by atoms with Crippen molar-refractivity contribution in [3.63, 3.8) is 0 Å². The first-order valence-corrected chi connectivity index (χ1v) is 7.62. The maximum Gasteiger partial charge on any atom is 0.350 e. The van der Waals surface area contributed by atoms with Gasteiger partial charge in [-0.25, -0.2) is 4.79 Å². The van der Waals surface area contributed by atoms with Gasteiger partial charge in [-0.15, -0.1) is 11.8 Å². The third-order valence-corrected chi connectivity index (χ3v) is 4.65. The third kappa shape index (κ3) is 3.48. The lowest BCUT2D eigenvalue weighted by Crippen LogP contribution is -2.31. The highest BCUT2D eigenvalue weighted by Crippen LogP contribution is 2.33. The molecular formula is C14H12ClNO5S. The van der Waals surface area contributed by atoms with E-state index < -0.39 is 21.3 Å². The first kappa shape index (κ1) is 16.5. The first-order valence-electron chi connectivity index (χ1n) is 6.26. The highest BCUT2D eigenvalue weighted by molar-refractivity contribution is 8.01. The van der Waals surface area contributed by atoms with Gasteiger partial charge in [0.15, 0.2) is 5.78 Å². The number of nitro groups is 1. The number of halogens is 1. The molecule has 1 aromatic carbocycles. The molecule has 0 amide bonds. The molecule has 0 radical (unpaired) electrons. The topological polar surface area (TPSA) is 86.5 Å². The standard InChI is InChI=1S/C14H12ClNO5S/c1-14(2)12(17)6-9(7-22-14)21-13(18)10-4-3-8(15)5-11(10)16(19)20/h3-6H,7H2,1-2H3. The predicted octanol–water partition coefficient (Wildman–Crippen LogP) is 3.38. The Labute approximate surface area is 135 Å². The molecule has 0 fully saturated rings. The summed E-state index contributed by atoms with van der Waals surface area (Å²) in [6.45, 7) is 3.55. The normalized spacial score (nSPS) is 16.9. The Morgan fingerprint density at radius 2 is 2.14 bits per heavy atom. The maximum atomic E-state index is 12.1. The molecule has 0 N–H and O–H groups in total. The molecule has 1 aromatic rings. The zero-order valence-corrected chi connectivity index (χ0v) is 13.4. The van der Waals surface area contributed by atoms with Gasteiger partial charge in [0.2, 0.25) is 0 Å². The van der Waals surface area contributed by atoms with Crippen LogP contribution in [0.4, 0.5) is 5.69 Å². The van der Waals surface area contributed by atoms with Crippen molar-refractivity contribution in [1.82, 2.24) is 0 Å². The second-order valence-electron chi connectivity index (χ2n) is 5.08. The van der Waals surface area contributed by atoms with Crippen LogP contribution in [-0.2, 0) is 9.53 Å². The minimum Gasteiger partial charge on any atom is -0.426 e. The van der Waals surface area contributed by atoms with E-state index in [0.29, 0.717) is 5.75 Å². The number of benzene rings is 1. The van der Waals surface area contributed by atoms with E-state index >= 15 is 0 Å². The van der Waals surface area contributed by atoms with Crippen molar-refractivity contribution in [2.24, 2.45) is 0 Å². The van der Waals surface area contributed by atoms with Gasteiger partial charge < -0.3 is 4.74 Å². The number of nitrogens with zero attached hydrogens (tertiary/aromatic N) is 1. The van der Waals surface area contributed by atoms with E-state index in [1.807, 2.05) is 0 Å². The molecule has 0 aromatic heterocycles. The zero-order valence-electron chi connectivity index (χ0n) is 11.8. The Bertz CT molecular complexity index is 698. The minimum atomic E-state index is -0.886. The lowest BCUT2D eigenvalue weighted by Gasteiger charge is -2.25. The predicted molar refractivity (Wildman–Crippen MR) is 83.1 cm³/mol. The van der Waals surface area contributed by atoms with E-state index in [1.54, 1.807) is 13.8 Å². The number of carbonyl (C=O) groups is 2. The molecule has 2 rings (SSSR count). The number of rotatable bonds is 3. The van der Waals surface area contributed by atoms with Crippen LogP contribution >= 0.6 is 23.4 Å². The summed E-state index contributed by atoms with van der Waals surface area (Å²) in [5, 5.41) is 11.1. The highest BCUT2D eigenvalue weighted by atomic mass is 35.5. The van der Waals surface area contributed by atoms with Gasteiger partial charge in [-0.05, 0) is 26.0 Å². The third-order valence-electron chi connectivity index (χ3n) is 3.06. The smallest absolute Gasteiger partial charge is 0.350 e. The molecule has 0 atom stereocenters. The largest absolute Gasteiger partial charge is 0.426 e. The molecule has 0 unspecified atom stereocenters. The van der Waals surface area contributed by atoms with Crippen LogP contribution in [0.5, 0.6) is 0 Å². The van der Waals surface area contributed by atoms with Crippen LogP contribution in [0.2, 0.25) is 5.02 Å². The Kier molecular flexibility index (Phi) is 4.58. The molecule has 0 spiro atoms. The Morgan fingerprint density at radius 1 is 1.45 bits per heavy atom. The van der Waals surface area contributed by atoms with Crippen LogP contribution in [0.3, 0.4) is 0 Å². The molecular weight excluding hydrogens is 330 g/mol. The zero-order chi connectivity index (χ0) is 16.5. The van der Waals surface area contributed by atoms with Gasteiger partial charge in [-0.1, -0.05) is 11.6 Å². The van der Waals surface area contributed by atoms with E-state index in [-0.39, 0.29) is 22.1 Å². The van der Waals surface area contributed by atoms with Crippen molar-refractivity contribution in [2.75, 3.05) is 5.75 Å². The number of ether oxygens (including phenoxy) is 1. The van der Waals surface area contributed by atoms with Gasteiger partial charge in [0.05, 0.1) is 15.4 Å². The lowest BCUT2D eigenvalue weighted by atomic mass is 10.1. The van der Waals surface area contributed by atoms with E-state index in [9.17, 15) is 19.7 Å². The lowest BCUT2D eigenvalue weighted by molar-refractivity contribution is -0.385. The van der Waals surface area contributed by atoms with Crippen LogP contribution in [-0.4, -0.2) is 27.2 Å². The van der Waals surface area contributed by atoms with E-state index in [1.165, 1.54) is 30.0 Å². The summed E-state index contributed by atoms with van der Waals surface area (Å²) in [4.78, 5) is 34.2. The van der Waals surface area contributed by atoms with Gasteiger partial charge in [-0.3, -0.25) is 14.9 Å². The molecule has 0 saturated carbocycles. The van der Waals surface area contributed by atoms with E-state index in [0.717, 1.165) is 6.07 Å². The van der Waals surface area contributed by atoms with Gasteiger partial charge in [0, 0.05) is 17.2 Å². The Balaban J connectivity index is 2.24. The van der Waals surface area contributed by atoms with Crippen molar-refractivity contribution < 1.29 is 19.2 Å². The number of thioether (sulfide) groups is 1. The summed E-state index contributed by atoms with van der Waals surface area (Å²) in [5.74, 6) is -0.533. The second kappa shape index (κ2) is 6.10. The fraction of sp³-hybridized carbons (Fsp3) is 0.286. The Hall–Kier alpha value is -1.86. The molecule has 1 aliphatic rings. The van der Waals surface area contributed by atoms with E-state index in [4.69, 9.17) is 16.3 Å². The number of esters is 1. The summed E-state index contributed by atoms with van der Waals surface area (Å²) in [5.41, 5.74) is -0.647. The second-order valence-corrected chi connectivity index (χ2v) is 7.12. The van der Waals surface area contributed by atoms with Crippen LogP contribution in [0.15, 0.2) is 30.0 Å². The van der Waals surface area contributed by atoms with Gasteiger partial charge >= 0.3 is 5.97 Å². The minimum absolute atomic E-state index is 0.146. The van der Waals surface area contributed by atoms with Crippen molar-refractivity contribution in [1.29, 1.82) is 0 Å². The molecule has 1 aliphatic heterocycles. The summed E-state index contributed by atoms with van der Waals surface area (Å²) in [7, 11) is 0. The molecule has 0 aliphatic carbocycles. The van der Waals surface area contributed by atoms with Crippen molar-refractivity contribution in [2.45, 2.75) is 18.6 Å². The molecule has 22 heavy (non-hydrogen) atoms.